The van der Waals surface area contributed by atoms with Crippen LogP contribution in [0.3, 0.4) is 0 Å². The summed E-state index contributed by atoms with van der Waals surface area (Å²) >= 11 is 0. The van der Waals surface area contributed by atoms with E-state index in [2.05, 4.69) is 0 Å². The van der Waals surface area contributed by atoms with Crippen LogP contribution < -0.4 is 15.2 Å². The van der Waals surface area contributed by atoms with Crippen LogP contribution in [0.25, 0.3) is 0 Å². The summed E-state index contributed by atoms with van der Waals surface area (Å²) in [5, 5.41) is 8.64. The summed E-state index contributed by atoms with van der Waals surface area (Å²) in [6, 6.07) is 3.41. The van der Waals surface area contributed by atoms with Crippen LogP contribution in [0.15, 0.2) is 18.2 Å². The highest BCUT2D eigenvalue weighted by atomic mass is 16.5. The molecule has 0 aliphatic rings. The Morgan fingerprint density at radius 2 is 1.89 bits per heavy atom. The molecule has 0 unspecified atom stereocenters. The number of rotatable bonds is 6. The Morgan fingerprint density at radius 1 is 1.28 bits per heavy atom. The van der Waals surface area contributed by atoms with Gasteiger partial charge in [-0.05, 0) is 18.2 Å². The molecule has 3 N–H and O–H groups in total. The molecule has 1 aromatic carbocycles. The normalized spacial score (nSPS) is 11.7. The minimum Gasteiger partial charge on any atom is -0.493 e. The lowest BCUT2D eigenvalue weighted by Crippen LogP contribution is -2.32. The molecule has 1 atom stereocenters. The van der Waals surface area contributed by atoms with Crippen molar-refractivity contribution < 1.29 is 24.2 Å². The van der Waals surface area contributed by atoms with Crippen molar-refractivity contribution in [2.75, 3.05) is 14.2 Å². The van der Waals surface area contributed by atoms with Crippen molar-refractivity contribution in [2.45, 2.75) is 12.5 Å². The van der Waals surface area contributed by atoms with Gasteiger partial charge < -0.3 is 20.3 Å². The first-order valence-electron chi connectivity index (χ1n) is 5.23. The molecule has 1 aromatic rings. The molecule has 6 heteroatoms. The minimum absolute atomic E-state index is 0.259. The third-order valence-electron chi connectivity index (χ3n) is 2.43. The van der Waals surface area contributed by atoms with Crippen LogP contribution in [0.2, 0.25) is 0 Å². The number of carboxylic acids is 1. The maximum Gasteiger partial charge on any atom is 0.320 e. The first-order valence-corrected chi connectivity index (χ1v) is 5.23. The number of hydrogen-bond acceptors (Lipinski definition) is 5. The SMILES string of the molecule is COc1ccc(C(=O)C[C@@H](N)C(=O)O)cc1OC. The van der Waals surface area contributed by atoms with Gasteiger partial charge in [-0.1, -0.05) is 0 Å². The Morgan fingerprint density at radius 3 is 2.39 bits per heavy atom. The molecule has 0 fully saturated rings. The molecule has 6 nitrogen and oxygen atoms in total. The van der Waals surface area contributed by atoms with Crippen molar-refractivity contribution in [1.82, 2.24) is 0 Å². The Hall–Kier alpha value is -2.08. The quantitative estimate of drug-likeness (QED) is 0.723. The van der Waals surface area contributed by atoms with E-state index in [1.54, 1.807) is 6.07 Å². The van der Waals surface area contributed by atoms with Gasteiger partial charge in [0.2, 0.25) is 0 Å². The Bertz CT molecular complexity index is 458. The van der Waals surface area contributed by atoms with Gasteiger partial charge in [-0.15, -0.1) is 0 Å². The molecule has 18 heavy (non-hydrogen) atoms. The number of methoxy groups -OCH3 is 2. The fraction of sp³-hybridized carbons (Fsp3) is 0.333. The van der Waals surface area contributed by atoms with Gasteiger partial charge >= 0.3 is 5.97 Å². The van der Waals surface area contributed by atoms with E-state index in [0.717, 1.165) is 0 Å². The summed E-state index contributed by atoms with van der Waals surface area (Å²) < 4.78 is 10.1. The van der Waals surface area contributed by atoms with E-state index in [4.69, 9.17) is 20.3 Å². The van der Waals surface area contributed by atoms with Crippen LogP contribution in [0.4, 0.5) is 0 Å². The van der Waals surface area contributed by atoms with Gasteiger partial charge in [0, 0.05) is 12.0 Å². The molecule has 0 heterocycles. The van der Waals surface area contributed by atoms with Gasteiger partial charge in [-0.3, -0.25) is 9.59 Å². The van der Waals surface area contributed by atoms with E-state index in [-0.39, 0.29) is 12.2 Å². The second-order valence-electron chi connectivity index (χ2n) is 3.64. The zero-order chi connectivity index (χ0) is 13.7. The number of carboxylic acid groups (broad SMARTS) is 1. The van der Waals surface area contributed by atoms with E-state index in [1.807, 2.05) is 0 Å². The zero-order valence-corrected chi connectivity index (χ0v) is 10.2. The summed E-state index contributed by atoms with van der Waals surface area (Å²) in [6.07, 6.45) is -0.259. The third kappa shape index (κ3) is 3.21. The van der Waals surface area contributed by atoms with Crippen molar-refractivity contribution in [3.05, 3.63) is 23.8 Å². The van der Waals surface area contributed by atoms with Gasteiger partial charge in [-0.2, -0.15) is 0 Å². The molecule has 1 rings (SSSR count). The number of ketones is 1. The van der Waals surface area contributed by atoms with Crippen molar-refractivity contribution in [3.8, 4) is 11.5 Å². The molecule has 0 saturated carbocycles. The van der Waals surface area contributed by atoms with Crippen LogP contribution >= 0.6 is 0 Å². The lowest BCUT2D eigenvalue weighted by atomic mass is 10.0. The zero-order valence-electron chi connectivity index (χ0n) is 10.2. The van der Waals surface area contributed by atoms with Gasteiger partial charge in [0.25, 0.3) is 0 Å². The first-order chi connectivity index (χ1) is 8.49. The summed E-state index contributed by atoms with van der Waals surface area (Å²) in [4.78, 5) is 22.4. The number of nitrogens with two attached hydrogens (primary N) is 1. The van der Waals surface area contributed by atoms with Crippen LogP contribution in [-0.2, 0) is 4.79 Å². The highest BCUT2D eigenvalue weighted by Gasteiger charge is 2.18. The van der Waals surface area contributed by atoms with Crippen LogP contribution in [0.5, 0.6) is 11.5 Å². The average Bonchev–Trinajstić information content (AvgIpc) is 2.37. The molecule has 0 aliphatic carbocycles. The number of carbonyl (C=O) groups excluding carboxylic acids is 1. The minimum atomic E-state index is -1.20. The summed E-state index contributed by atoms with van der Waals surface area (Å²) in [7, 11) is 2.94. The van der Waals surface area contributed by atoms with Gasteiger partial charge in [0.15, 0.2) is 17.3 Å². The average molecular weight is 253 g/mol. The second-order valence-corrected chi connectivity index (χ2v) is 3.64. The number of benzene rings is 1. The number of hydrogen-bond donors (Lipinski definition) is 2. The topological polar surface area (TPSA) is 98.9 Å². The molecule has 0 radical (unpaired) electrons. The van der Waals surface area contributed by atoms with Gasteiger partial charge in [0.1, 0.15) is 6.04 Å². The maximum atomic E-state index is 11.8. The van der Waals surface area contributed by atoms with Crippen LogP contribution in [0.1, 0.15) is 16.8 Å². The number of ether oxygens (including phenoxy) is 2. The van der Waals surface area contributed by atoms with Crippen molar-refractivity contribution in [1.29, 1.82) is 0 Å². The molecule has 0 spiro atoms. The van der Waals surface area contributed by atoms with E-state index in [1.165, 1.54) is 26.4 Å². The molecule has 0 amide bonds. The largest absolute Gasteiger partial charge is 0.493 e. The maximum absolute atomic E-state index is 11.8. The number of Topliss-reactive ketones (excluding diaryl/α,β-unsaturated/α-hetero) is 1. The standard InChI is InChI=1S/C12H15NO5/c1-17-10-4-3-7(5-11(10)18-2)9(14)6-8(13)12(15)16/h3-5,8H,6,13H2,1-2H3,(H,15,16)/t8-/m1/s1. The summed E-state index contributed by atoms with van der Waals surface area (Å²) in [5.41, 5.74) is 5.64. The Labute approximate surface area is 104 Å². The fourth-order valence-corrected chi connectivity index (χ4v) is 1.41. The predicted molar refractivity (Wildman–Crippen MR) is 64.1 cm³/mol. The summed E-state index contributed by atoms with van der Waals surface area (Å²) in [6.45, 7) is 0. The van der Waals surface area contributed by atoms with E-state index >= 15 is 0 Å². The monoisotopic (exact) mass is 253 g/mol. The Kier molecular flexibility index (Phi) is 4.67. The van der Waals surface area contributed by atoms with Gasteiger partial charge in [0.05, 0.1) is 14.2 Å². The van der Waals surface area contributed by atoms with E-state index < -0.39 is 12.0 Å². The Balaban J connectivity index is 2.90. The number of carbonyl (C=O) groups is 2. The van der Waals surface area contributed by atoms with Crippen LogP contribution in [-0.4, -0.2) is 37.1 Å². The van der Waals surface area contributed by atoms with Crippen molar-refractivity contribution in [3.63, 3.8) is 0 Å². The third-order valence-corrected chi connectivity index (χ3v) is 2.43. The molecule has 0 aromatic heterocycles. The molecule has 0 bridgehead atoms. The van der Waals surface area contributed by atoms with E-state index in [0.29, 0.717) is 17.1 Å². The van der Waals surface area contributed by atoms with E-state index in [9.17, 15) is 9.59 Å². The number of aliphatic carboxylic acids is 1. The molecular formula is C12H15NO5. The highest BCUT2D eigenvalue weighted by Crippen LogP contribution is 2.28. The predicted octanol–water partition coefficient (Wildman–Crippen LogP) is 0.688. The van der Waals surface area contributed by atoms with Crippen molar-refractivity contribution >= 4 is 11.8 Å². The fourth-order valence-electron chi connectivity index (χ4n) is 1.41. The smallest absolute Gasteiger partial charge is 0.320 e. The molecule has 98 valence electrons. The first kappa shape index (κ1) is 14.0. The highest BCUT2D eigenvalue weighted by molar-refractivity contribution is 5.99. The molecule has 0 aliphatic heterocycles. The lowest BCUT2D eigenvalue weighted by Gasteiger charge is -2.10. The molecular weight excluding hydrogens is 238 g/mol. The van der Waals surface area contributed by atoms with Crippen LogP contribution in [0, 0.1) is 0 Å². The second kappa shape index (κ2) is 6.02. The van der Waals surface area contributed by atoms with Crippen molar-refractivity contribution in [2.24, 2.45) is 5.73 Å². The van der Waals surface area contributed by atoms with Gasteiger partial charge in [-0.25, -0.2) is 0 Å². The lowest BCUT2D eigenvalue weighted by molar-refractivity contribution is -0.138. The summed E-state index contributed by atoms with van der Waals surface area (Å²) in [5.74, 6) is -0.654. The molecule has 0 saturated heterocycles.